The molecule has 0 atom stereocenters. The van der Waals surface area contributed by atoms with Crippen LogP contribution >= 0.6 is 0 Å². The SMILES string of the molecule is O=C(Nc1cc(F)ccc1F)c1cc(N2CCOCC2)ncn1. The lowest BCUT2D eigenvalue weighted by Crippen LogP contribution is -2.37. The van der Waals surface area contributed by atoms with Gasteiger partial charge in [-0.3, -0.25) is 4.79 Å². The van der Waals surface area contributed by atoms with Crippen molar-refractivity contribution in [2.75, 3.05) is 36.5 Å². The van der Waals surface area contributed by atoms with Crippen LogP contribution in [-0.2, 0) is 4.74 Å². The Morgan fingerprint density at radius 2 is 1.96 bits per heavy atom. The quantitative estimate of drug-likeness (QED) is 0.935. The Kier molecular flexibility index (Phi) is 4.42. The molecule has 0 bridgehead atoms. The summed E-state index contributed by atoms with van der Waals surface area (Å²) in [6, 6.07) is 4.35. The molecule has 0 unspecified atom stereocenters. The predicted octanol–water partition coefficient (Wildman–Crippen LogP) is 1.84. The molecule has 1 aliphatic heterocycles. The highest BCUT2D eigenvalue weighted by Crippen LogP contribution is 2.17. The summed E-state index contributed by atoms with van der Waals surface area (Å²) in [5.41, 5.74) is -0.160. The van der Waals surface area contributed by atoms with Crippen molar-refractivity contribution in [2.24, 2.45) is 0 Å². The van der Waals surface area contributed by atoms with Crippen molar-refractivity contribution in [3.63, 3.8) is 0 Å². The molecule has 120 valence electrons. The number of hydrogen-bond donors (Lipinski definition) is 1. The summed E-state index contributed by atoms with van der Waals surface area (Å²) in [5.74, 6) is -1.40. The number of nitrogens with zero attached hydrogens (tertiary/aromatic N) is 3. The van der Waals surface area contributed by atoms with Crippen LogP contribution in [-0.4, -0.2) is 42.2 Å². The molecule has 2 aromatic rings. The van der Waals surface area contributed by atoms with Gasteiger partial charge < -0.3 is 15.0 Å². The van der Waals surface area contributed by atoms with E-state index in [-0.39, 0.29) is 11.4 Å². The molecule has 8 heteroatoms. The van der Waals surface area contributed by atoms with Crippen LogP contribution < -0.4 is 10.2 Å². The monoisotopic (exact) mass is 320 g/mol. The molecule has 1 amide bonds. The third-order valence-corrected chi connectivity index (χ3v) is 3.40. The first-order valence-electron chi connectivity index (χ1n) is 7.04. The van der Waals surface area contributed by atoms with E-state index >= 15 is 0 Å². The summed E-state index contributed by atoms with van der Waals surface area (Å²) in [7, 11) is 0. The van der Waals surface area contributed by atoms with Gasteiger partial charge >= 0.3 is 0 Å². The second-order valence-corrected chi connectivity index (χ2v) is 4.94. The number of carbonyl (C=O) groups is 1. The maximum absolute atomic E-state index is 13.6. The zero-order valence-corrected chi connectivity index (χ0v) is 12.1. The maximum Gasteiger partial charge on any atom is 0.274 e. The zero-order valence-electron chi connectivity index (χ0n) is 12.1. The average molecular weight is 320 g/mol. The first-order chi connectivity index (χ1) is 11.1. The summed E-state index contributed by atoms with van der Waals surface area (Å²) < 4.78 is 32.0. The Morgan fingerprint density at radius 1 is 1.17 bits per heavy atom. The first kappa shape index (κ1) is 15.3. The molecular formula is C15H14F2N4O2. The highest BCUT2D eigenvalue weighted by Gasteiger charge is 2.16. The minimum absolute atomic E-state index is 0.0742. The summed E-state index contributed by atoms with van der Waals surface area (Å²) in [5, 5.41) is 2.31. The van der Waals surface area contributed by atoms with E-state index in [2.05, 4.69) is 15.3 Å². The molecule has 1 N–H and O–H groups in total. The highest BCUT2D eigenvalue weighted by molar-refractivity contribution is 6.03. The lowest BCUT2D eigenvalue weighted by molar-refractivity contribution is 0.102. The number of aromatic nitrogens is 2. The van der Waals surface area contributed by atoms with Crippen molar-refractivity contribution in [3.8, 4) is 0 Å². The normalized spacial score (nSPS) is 14.6. The van der Waals surface area contributed by atoms with Crippen LogP contribution in [0.5, 0.6) is 0 Å². The van der Waals surface area contributed by atoms with E-state index in [0.717, 1.165) is 18.2 Å². The molecule has 1 aromatic carbocycles. The van der Waals surface area contributed by atoms with Gasteiger partial charge in [0.05, 0.1) is 18.9 Å². The second-order valence-electron chi connectivity index (χ2n) is 4.94. The largest absolute Gasteiger partial charge is 0.378 e. The number of ether oxygens (including phenoxy) is 1. The van der Waals surface area contributed by atoms with Crippen LogP contribution in [0, 0.1) is 11.6 Å². The van der Waals surface area contributed by atoms with Crippen molar-refractivity contribution in [3.05, 3.63) is 47.9 Å². The number of halogens is 2. The summed E-state index contributed by atoms with van der Waals surface area (Å²) in [4.78, 5) is 22.2. The smallest absolute Gasteiger partial charge is 0.274 e. The van der Waals surface area contributed by atoms with Crippen LogP contribution in [0.25, 0.3) is 0 Å². The Balaban J connectivity index is 1.78. The molecule has 1 fully saturated rings. The Labute approximate surface area is 131 Å². The van der Waals surface area contributed by atoms with E-state index in [1.54, 1.807) is 0 Å². The minimum Gasteiger partial charge on any atom is -0.378 e. The lowest BCUT2D eigenvalue weighted by atomic mass is 10.2. The molecule has 0 saturated carbocycles. The van der Waals surface area contributed by atoms with Crippen LogP contribution in [0.3, 0.4) is 0 Å². The average Bonchev–Trinajstić information content (AvgIpc) is 2.59. The Hall–Kier alpha value is -2.61. The molecule has 1 saturated heterocycles. The number of hydrogen-bond acceptors (Lipinski definition) is 5. The number of rotatable bonds is 3. The third-order valence-electron chi connectivity index (χ3n) is 3.40. The summed E-state index contributed by atoms with van der Waals surface area (Å²) in [6.07, 6.45) is 1.27. The van der Waals surface area contributed by atoms with Crippen molar-refractivity contribution in [2.45, 2.75) is 0 Å². The van der Waals surface area contributed by atoms with Gasteiger partial charge in [0.25, 0.3) is 5.91 Å². The first-order valence-corrected chi connectivity index (χ1v) is 7.04. The lowest BCUT2D eigenvalue weighted by Gasteiger charge is -2.27. The van der Waals surface area contributed by atoms with E-state index in [1.165, 1.54) is 12.4 Å². The van der Waals surface area contributed by atoms with E-state index in [1.807, 2.05) is 4.90 Å². The molecule has 0 spiro atoms. The van der Waals surface area contributed by atoms with Crippen molar-refractivity contribution in [1.82, 2.24) is 9.97 Å². The van der Waals surface area contributed by atoms with Gasteiger partial charge in [0.1, 0.15) is 29.5 Å². The minimum atomic E-state index is -0.720. The number of anilines is 2. The van der Waals surface area contributed by atoms with Gasteiger partial charge in [0.15, 0.2) is 0 Å². The summed E-state index contributed by atoms with van der Waals surface area (Å²) in [6.45, 7) is 2.49. The van der Waals surface area contributed by atoms with Gasteiger partial charge in [-0.2, -0.15) is 0 Å². The van der Waals surface area contributed by atoms with Crippen molar-refractivity contribution < 1.29 is 18.3 Å². The molecule has 6 nitrogen and oxygen atoms in total. The van der Waals surface area contributed by atoms with E-state index in [4.69, 9.17) is 4.74 Å². The molecule has 2 heterocycles. The summed E-state index contributed by atoms with van der Waals surface area (Å²) >= 11 is 0. The van der Waals surface area contributed by atoms with E-state index < -0.39 is 17.5 Å². The van der Waals surface area contributed by atoms with Gasteiger partial charge in [0.2, 0.25) is 0 Å². The van der Waals surface area contributed by atoms with Crippen LogP contribution in [0.15, 0.2) is 30.6 Å². The predicted molar refractivity (Wildman–Crippen MR) is 79.4 cm³/mol. The van der Waals surface area contributed by atoms with Crippen LogP contribution in [0.4, 0.5) is 20.3 Å². The van der Waals surface area contributed by atoms with E-state index in [9.17, 15) is 13.6 Å². The fourth-order valence-electron chi connectivity index (χ4n) is 2.22. The number of morpholine rings is 1. The molecular weight excluding hydrogens is 306 g/mol. The van der Waals surface area contributed by atoms with Crippen molar-refractivity contribution in [1.29, 1.82) is 0 Å². The third kappa shape index (κ3) is 3.59. The van der Waals surface area contributed by atoms with Crippen LogP contribution in [0.2, 0.25) is 0 Å². The van der Waals surface area contributed by atoms with Gasteiger partial charge in [-0.1, -0.05) is 0 Å². The molecule has 3 rings (SSSR count). The Morgan fingerprint density at radius 3 is 2.74 bits per heavy atom. The highest BCUT2D eigenvalue weighted by atomic mass is 19.1. The molecule has 1 aliphatic rings. The number of nitrogens with one attached hydrogen (secondary N) is 1. The fourth-order valence-corrected chi connectivity index (χ4v) is 2.22. The number of amides is 1. The molecule has 23 heavy (non-hydrogen) atoms. The zero-order chi connectivity index (χ0) is 16.2. The fraction of sp³-hybridized carbons (Fsp3) is 0.267. The van der Waals surface area contributed by atoms with Crippen molar-refractivity contribution >= 4 is 17.4 Å². The number of carbonyl (C=O) groups excluding carboxylic acids is 1. The standard InChI is InChI=1S/C15H14F2N4O2/c16-10-1-2-11(17)12(7-10)20-15(22)13-8-14(19-9-18-13)21-3-5-23-6-4-21/h1-2,7-9H,3-6H2,(H,20,22). The van der Waals surface area contributed by atoms with Gasteiger partial charge in [0, 0.05) is 25.2 Å². The second kappa shape index (κ2) is 6.66. The van der Waals surface area contributed by atoms with Gasteiger partial charge in [-0.25, -0.2) is 18.7 Å². The Bertz CT molecular complexity index is 720. The van der Waals surface area contributed by atoms with E-state index in [0.29, 0.717) is 32.1 Å². The number of benzene rings is 1. The molecule has 1 aromatic heterocycles. The molecule has 0 radical (unpaired) electrons. The topological polar surface area (TPSA) is 67.4 Å². The van der Waals surface area contributed by atoms with Gasteiger partial charge in [-0.05, 0) is 12.1 Å². The maximum atomic E-state index is 13.6. The van der Waals surface area contributed by atoms with Gasteiger partial charge in [-0.15, -0.1) is 0 Å². The molecule has 0 aliphatic carbocycles. The van der Waals surface area contributed by atoms with Crippen LogP contribution in [0.1, 0.15) is 10.5 Å².